The summed E-state index contributed by atoms with van der Waals surface area (Å²) in [6.07, 6.45) is 7.66. The summed E-state index contributed by atoms with van der Waals surface area (Å²) in [5.74, 6) is 1.12. The van der Waals surface area contributed by atoms with Crippen LogP contribution in [-0.4, -0.2) is 28.8 Å². The molecule has 0 bridgehead atoms. The fraction of sp³-hybridized carbons (Fsp3) is 0.769. The van der Waals surface area contributed by atoms with Crippen molar-refractivity contribution in [1.82, 2.24) is 14.9 Å². The first kappa shape index (κ1) is 12.6. The zero-order valence-corrected chi connectivity index (χ0v) is 10.9. The van der Waals surface area contributed by atoms with Gasteiger partial charge in [0.1, 0.15) is 5.82 Å². The van der Waals surface area contributed by atoms with Crippen molar-refractivity contribution in [2.75, 3.05) is 13.2 Å². The van der Waals surface area contributed by atoms with Gasteiger partial charge in [0, 0.05) is 25.5 Å². The van der Waals surface area contributed by atoms with E-state index < -0.39 is 0 Å². The van der Waals surface area contributed by atoms with E-state index in [0.29, 0.717) is 0 Å². The van der Waals surface area contributed by atoms with Gasteiger partial charge in [-0.3, -0.25) is 0 Å². The molecule has 1 N–H and O–H groups in total. The predicted octanol–water partition coefficient (Wildman–Crippen LogP) is 2.12. The van der Waals surface area contributed by atoms with Crippen LogP contribution in [0.15, 0.2) is 12.4 Å². The molecule has 2 unspecified atom stereocenters. The minimum Gasteiger partial charge on any atom is -0.376 e. The Morgan fingerprint density at radius 1 is 1.59 bits per heavy atom. The first-order chi connectivity index (χ1) is 8.36. The molecule has 1 aliphatic heterocycles. The molecule has 2 heterocycles. The molecular formula is C13H23N3O. The van der Waals surface area contributed by atoms with Gasteiger partial charge in [0.25, 0.3) is 0 Å². The summed E-state index contributed by atoms with van der Waals surface area (Å²) in [6, 6.07) is 0.243. The van der Waals surface area contributed by atoms with E-state index in [-0.39, 0.29) is 12.1 Å². The summed E-state index contributed by atoms with van der Waals surface area (Å²) in [6.45, 7) is 7.21. The van der Waals surface area contributed by atoms with Gasteiger partial charge < -0.3 is 14.6 Å². The molecule has 96 valence electrons. The van der Waals surface area contributed by atoms with Crippen LogP contribution in [0.1, 0.15) is 45.0 Å². The van der Waals surface area contributed by atoms with Crippen LogP contribution in [0.5, 0.6) is 0 Å². The third kappa shape index (κ3) is 2.87. The van der Waals surface area contributed by atoms with Crippen molar-refractivity contribution in [1.29, 1.82) is 0 Å². The Balaban J connectivity index is 2.13. The number of imidazole rings is 1. The average Bonchev–Trinajstić information content (AvgIpc) is 3.00. The topological polar surface area (TPSA) is 39.1 Å². The smallest absolute Gasteiger partial charge is 0.128 e. The van der Waals surface area contributed by atoms with Crippen molar-refractivity contribution in [3.63, 3.8) is 0 Å². The summed E-state index contributed by atoms with van der Waals surface area (Å²) in [7, 11) is 0. The summed E-state index contributed by atoms with van der Waals surface area (Å²) in [4.78, 5) is 4.51. The summed E-state index contributed by atoms with van der Waals surface area (Å²) < 4.78 is 8.02. The zero-order valence-electron chi connectivity index (χ0n) is 10.9. The first-order valence-corrected chi connectivity index (χ1v) is 6.72. The second kappa shape index (κ2) is 6.17. The highest BCUT2D eigenvalue weighted by molar-refractivity contribution is 5.03. The molecule has 0 radical (unpaired) electrons. The van der Waals surface area contributed by atoms with Crippen LogP contribution >= 0.6 is 0 Å². The molecule has 0 saturated carbocycles. The van der Waals surface area contributed by atoms with E-state index in [4.69, 9.17) is 4.74 Å². The van der Waals surface area contributed by atoms with Crippen molar-refractivity contribution in [3.05, 3.63) is 18.2 Å². The molecule has 1 saturated heterocycles. The largest absolute Gasteiger partial charge is 0.376 e. The van der Waals surface area contributed by atoms with Gasteiger partial charge in [0.15, 0.2) is 0 Å². The Morgan fingerprint density at radius 2 is 2.47 bits per heavy atom. The molecule has 1 aliphatic rings. The van der Waals surface area contributed by atoms with Crippen LogP contribution in [0.2, 0.25) is 0 Å². The molecule has 2 rings (SSSR count). The Labute approximate surface area is 103 Å². The molecule has 1 aromatic heterocycles. The number of ether oxygens (including phenoxy) is 1. The number of rotatable bonds is 6. The molecule has 0 aromatic carbocycles. The minimum atomic E-state index is 0.243. The number of aromatic nitrogens is 2. The molecule has 1 fully saturated rings. The number of aryl methyl sites for hydroxylation is 1. The first-order valence-electron chi connectivity index (χ1n) is 6.72. The van der Waals surface area contributed by atoms with Gasteiger partial charge in [-0.25, -0.2) is 4.98 Å². The van der Waals surface area contributed by atoms with E-state index in [1.807, 2.05) is 12.4 Å². The highest BCUT2D eigenvalue weighted by Gasteiger charge is 2.29. The Kier molecular flexibility index (Phi) is 4.57. The number of nitrogens with zero attached hydrogens (tertiary/aromatic N) is 2. The Hall–Kier alpha value is -0.870. The van der Waals surface area contributed by atoms with Crippen LogP contribution < -0.4 is 5.32 Å². The minimum absolute atomic E-state index is 0.243. The maximum absolute atomic E-state index is 5.82. The van der Waals surface area contributed by atoms with Crippen molar-refractivity contribution < 1.29 is 4.74 Å². The van der Waals surface area contributed by atoms with Gasteiger partial charge in [0.2, 0.25) is 0 Å². The monoisotopic (exact) mass is 237 g/mol. The van der Waals surface area contributed by atoms with Crippen molar-refractivity contribution in [3.8, 4) is 0 Å². The van der Waals surface area contributed by atoms with E-state index >= 15 is 0 Å². The van der Waals surface area contributed by atoms with Gasteiger partial charge in [-0.15, -0.1) is 0 Å². The second-order valence-corrected chi connectivity index (χ2v) is 4.55. The van der Waals surface area contributed by atoms with Crippen LogP contribution in [0.4, 0.5) is 0 Å². The SMILES string of the molecule is CCCNC(c1nccn1CC)C1CCCO1. The van der Waals surface area contributed by atoms with Crippen LogP contribution in [0.3, 0.4) is 0 Å². The normalized spacial score (nSPS) is 21.9. The van der Waals surface area contributed by atoms with Gasteiger partial charge in [-0.1, -0.05) is 6.92 Å². The Morgan fingerprint density at radius 3 is 3.12 bits per heavy atom. The van der Waals surface area contributed by atoms with Crippen LogP contribution in [0.25, 0.3) is 0 Å². The molecule has 17 heavy (non-hydrogen) atoms. The highest BCUT2D eigenvalue weighted by atomic mass is 16.5. The molecule has 0 aliphatic carbocycles. The fourth-order valence-corrected chi connectivity index (χ4v) is 2.42. The quantitative estimate of drug-likeness (QED) is 0.823. The Bertz CT molecular complexity index is 331. The van der Waals surface area contributed by atoms with Crippen LogP contribution in [0, 0.1) is 0 Å². The summed E-state index contributed by atoms with van der Waals surface area (Å²) >= 11 is 0. The van der Waals surface area contributed by atoms with E-state index in [9.17, 15) is 0 Å². The van der Waals surface area contributed by atoms with Gasteiger partial charge >= 0.3 is 0 Å². The van der Waals surface area contributed by atoms with Crippen molar-refractivity contribution >= 4 is 0 Å². The number of nitrogens with one attached hydrogen (secondary N) is 1. The van der Waals surface area contributed by atoms with Crippen molar-refractivity contribution in [2.45, 2.75) is 51.8 Å². The number of hydrogen-bond donors (Lipinski definition) is 1. The van der Waals surface area contributed by atoms with Gasteiger partial charge in [-0.05, 0) is 32.7 Å². The lowest BCUT2D eigenvalue weighted by molar-refractivity contribution is 0.0745. The van der Waals surface area contributed by atoms with E-state index in [2.05, 4.69) is 28.7 Å². The third-order valence-electron chi connectivity index (χ3n) is 3.32. The predicted molar refractivity (Wildman–Crippen MR) is 67.9 cm³/mol. The highest BCUT2D eigenvalue weighted by Crippen LogP contribution is 2.26. The third-order valence-corrected chi connectivity index (χ3v) is 3.32. The summed E-state index contributed by atoms with van der Waals surface area (Å²) in [5.41, 5.74) is 0. The number of hydrogen-bond acceptors (Lipinski definition) is 3. The molecule has 1 aromatic rings. The molecule has 0 spiro atoms. The molecular weight excluding hydrogens is 214 g/mol. The standard InChI is InChI=1S/C13H23N3O/c1-3-7-14-12(11-6-5-10-17-11)13-15-8-9-16(13)4-2/h8-9,11-12,14H,3-7,10H2,1-2H3. The average molecular weight is 237 g/mol. The molecule has 0 amide bonds. The van der Waals surface area contributed by atoms with E-state index in [1.54, 1.807) is 0 Å². The van der Waals surface area contributed by atoms with E-state index in [1.165, 1.54) is 6.42 Å². The van der Waals surface area contributed by atoms with Crippen LogP contribution in [-0.2, 0) is 11.3 Å². The van der Waals surface area contributed by atoms with Gasteiger partial charge in [0.05, 0.1) is 12.1 Å². The van der Waals surface area contributed by atoms with Gasteiger partial charge in [-0.2, -0.15) is 0 Å². The lowest BCUT2D eigenvalue weighted by Gasteiger charge is -2.24. The lowest BCUT2D eigenvalue weighted by Crippen LogP contribution is -2.34. The maximum atomic E-state index is 5.82. The van der Waals surface area contributed by atoms with E-state index in [0.717, 1.165) is 38.4 Å². The maximum Gasteiger partial charge on any atom is 0.128 e. The molecule has 2 atom stereocenters. The molecule has 4 nitrogen and oxygen atoms in total. The lowest BCUT2D eigenvalue weighted by atomic mass is 10.1. The summed E-state index contributed by atoms with van der Waals surface area (Å²) in [5, 5.41) is 3.58. The second-order valence-electron chi connectivity index (χ2n) is 4.55. The molecule has 4 heteroatoms. The fourth-order valence-electron chi connectivity index (χ4n) is 2.42. The van der Waals surface area contributed by atoms with Crippen molar-refractivity contribution in [2.24, 2.45) is 0 Å². The zero-order chi connectivity index (χ0) is 12.1.